The van der Waals surface area contributed by atoms with Gasteiger partial charge in [-0.3, -0.25) is 30.0 Å². The molecule has 0 aliphatic heterocycles. The van der Waals surface area contributed by atoms with Gasteiger partial charge in [0.2, 0.25) is 0 Å². The average Bonchev–Trinajstić information content (AvgIpc) is 2.88. The Morgan fingerprint density at radius 1 is 0.800 bits per heavy atom. The van der Waals surface area contributed by atoms with Crippen LogP contribution >= 0.6 is 11.6 Å². The van der Waals surface area contributed by atoms with Crippen LogP contribution in [0, 0.1) is 0 Å². The third-order valence-corrected chi connectivity index (χ3v) is 5.43. The van der Waals surface area contributed by atoms with Crippen molar-refractivity contribution in [2.24, 2.45) is 0 Å². The lowest BCUT2D eigenvalue weighted by atomic mass is 10.1. The van der Waals surface area contributed by atoms with Gasteiger partial charge < -0.3 is 5.32 Å². The highest BCUT2D eigenvalue weighted by Gasteiger charge is 2.18. The number of hydrogen-bond donors (Lipinski definition) is 3. The maximum Gasteiger partial charge on any atom is 0.290 e. The molecule has 0 atom stereocenters. The molecule has 3 amide bonds. The lowest BCUT2D eigenvalue weighted by Gasteiger charge is -2.12. The van der Waals surface area contributed by atoms with Crippen LogP contribution in [0.15, 0.2) is 83.7 Å². The number of amides is 3. The van der Waals surface area contributed by atoms with Crippen molar-refractivity contribution in [2.75, 3.05) is 6.54 Å². The second-order valence-electron chi connectivity index (χ2n) is 7.51. The minimum atomic E-state index is -0.714. The lowest BCUT2D eigenvalue weighted by Crippen LogP contribution is -2.47. The number of nitrogens with zero attached hydrogens (tertiary/aromatic N) is 2. The van der Waals surface area contributed by atoms with Crippen LogP contribution in [-0.2, 0) is 11.3 Å². The maximum atomic E-state index is 12.9. The van der Waals surface area contributed by atoms with Crippen LogP contribution in [0.25, 0.3) is 10.8 Å². The molecule has 3 aromatic carbocycles. The Labute approximate surface area is 204 Å². The molecular weight excluding hydrogens is 470 g/mol. The van der Waals surface area contributed by atoms with Crippen molar-refractivity contribution in [3.05, 3.63) is 111 Å². The molecular formula is C25H20ClN5O4. The highest BCUT2D eigenvalue weighted by molar-refractivity contribution is 6.33. The highest BCUT2D eigenvalue weighted by Crippen LogP contribution is 2.15. The number of rotatable bonds is 6. The van der Waals surface area contributed by atoms with E-state index in [0.29, 0.717) is 10.8 Å². The van der Waals surface area contributed by atoms with Crippen LogP contribution < -0.4 is 21.7 Å². The van der Waals surface area contributed by atoms with E-state index < -0.39 is 24.3 Å². The molecule has 35 heavy (non-hydrogen) atoms. The number of carbonyl (C=O) groups is 3. The molecule has 9 nitrogen and oxygen atoms in total. The van der Waals surface area contributed by atoms with E-state index in [4.69, 9.17) is 11.6 Å². The van der Waals surface area contributed by atoms with Gasteiger partial charge in [-0.2, -0.15) is 5.10 Å². The molecule has 176 valence electrons. The molecule has 0 unspecified atom stereocenters. The van der Waals surface area contributed by atoms with Gasteiger partial charge in [0.25, 0.3) is 23.3 Å². The van der Waals surface area contributed by atoms with Gasteiger partial charge in [0.15, 0.2) is 5.69 Å². The van der Waals surface area contributed by atoms with E-state index in [9.17, 15) is 19.2 Å². The quantitative estimate of drug-likeness (QED) is 0.359. The van der Waals surface area contributed by atoms with Crippen LogP contribution in [0.2, 0.25) is 5.02 Å². The number of nitrogens with one attached hydrogen (secondary N) is 3. The van der Waals surface area contributed by atoms with Gasteiger partial charge in [-0.1, -0.05) is 72.3 Å². The van der Waals surface area contributed by atoms with E-state index in [0.717, 1.165) is 5.56 Å². The predicted octanol–water partition coefficient (Wildman–Crippen LogP) is 2.29. The van der Waals surface area contributed by atoms with Crippen molar-refractivity contribution < 1.29 is 14.4 Å². The molecule has 0 saturated carbocycles. The SMILES string of the molecule is O=C(CNC(=O)c1ccccc1Cl)NNC(=O)c1nn(Cc2ccccc2)c(=O)c2ccccc12. The Hall–Kier alpha value is -4.50. The first-order valence-corrected chi connectivity index (χ1v) is 11.0. The Morgan fingerprint density at radius 3 is 2.20 bits per heavy atom. The Balaban J connectivity index is 1.47. The smallest absolute Gasteiger partial charge is 0.290 e. The lowest BCUT2D eigenvalue weighted by molar-refractivity contribution is -0.120. The van der Waals surface area contributed by atoms with Gasteiger partial charge in [-0.15, -0.1) is 0 Å². The minimum absolute atomic E-state index is 0.0310. The molecule has 4 aromatic rings. The summed E-state index contributed by atoms with van der Waals surface area (Å²) in [6.07, 6.45) is 0. The van der Waals surface area contributed by atoms with Crippen molar-refractivity contribution in [3.63, 3.8) is 0 Å². The fourth-order valence-corrected chi connectivity index (χ4v) is 3.62. The number of hydrazine groups is 1. The van der Waals surface area contributed by atoms with E-state index in [-0.39, 0.29) is 28.4 Å². The zero-order valence-electron chi connectivity index (χ0n) is 18.3. The van der Waals surface area contributed by atoms with Crippen molar-refractivity contribution in [1.82, 2.24) is 25.9 Å². The van der Waals surface area contributed by atoms with E-state index in [1.807, 2.05) is 30.3 Å². The number of halogens is 1. The molecule has 0 bridgehead atoms. The zero-order valence-corrected chi connectivity index (χ0v) is 19.1. The van der Waals surface area contributed by atoms with Crippen molar-refractivity contribution in [3.8, 4) is 0 Å². The molecule has 0 fully saturated rings. The second-order valence-corrected chi connectivity index (χ2v) is 7.91. The minimum Gasteiger partial charge on any atom is -0.343 e. The van der Waals surface area contributed by atoms with Crippen LogP contribution in [0.4, 0.5) is 0 Å². The van der Waals surface area contributed by atoms with Gasteiger partial charge >= 0.3 is 0 Å². The summed E-state index contributed by atoms with van der Waals surface area (Å²) in [5, 5.41) is 7.60. The largest absolute Gasteiger partial charge is 0.343 e. The molecule has 0 aliphatic carbocycles. The van der Waals surface area contributed by atoms with Crippen LogP contribution in [0.3, 0.4) is 0 Å². The van der Waals surface area contributed by atoms with Crippen molar-refractivity contribution in [2.45, 2.75) is 6.54 Å². The van der Waals surface area contributed by atoms with Crippen LogP contribution in [0.5, 0.6) is 0 Å². The summed E-state index contributed by atoms with van der Waals surface area (Å²) in [5.74, 6) is -1.91. The maximum absolute atomic E-state index is 12.9. The Bertz CT molecular complexity index is 1470. The second kappa shape index (κ2) is 10.6. The first kappa shape index (κ1) is 23.7. The third kappa shape index (κ3) is 5.53. The molecule has 3 N–H and O–H groups in total. The molecule has 10 heteroatoms. The van der Waals surface area contributed by atoms with E-state index >= 15 is 0 Å². The van der Waals surface area contributed by atoms with Gasteiger partial charge in [0.05, 0.1) is 29.1 Å². The summed E-state index contributed by atoms with van der Waals surface area (Å²) < 4.78 is 1.21. The molecule has 4 rings (SSSR count). The van der Waals surface area contributed by atoms with Crippen molar-refractivity contribution >= 4 is 40.1 Å². The van der Waals surface area contributed by atoms with Gasteiger partial charge in [-0.05, 0) is 23.8 Å². The predicted molar refractivity (Wildman–Crippen MR) is 131 cm³/mol. The fourth-order valence-electron chi connectivity index (χ4n) is 3.40. The normalized spacial score (nSPS) is 10.5. The molecule has 1 aromatic heterocycles. The van der Waals surface area contributed by atoms with Crippen molar-refractivity contribution in [1.29, 1.82) is 0 Å². The van der Waals surface area contributed by atoms with Crippen LogP contribution in [0.1, 0.15) is 26.4 Å². The summed E-state index contributed by atoms with van der Waals surface area (Å²) >= 11 is 5.98. The fraction of sp³-hybridized carbons (Fsp3) is 0.0800. The average molecular weight is 490 g/mol. The highest BCUT2D eigenvalue weighted by atomic mass is 35.5. The summed E-state index contributed by atoms with van der Waals surface area (Å²) in [5.41, 5.74) is 5.21. The van der Waals surface area contributed by atoms with Gasteiger partial charge in [-0.25, -0.2) is 4.68 Å². The molecule has 0 saturated heterocycles. The Morgan fingerprint density at radius 2 is 1.46 bits per heavy atom. The zero-order chi connectivity index (χ0) is 24.8. The van der Waals surface area contributed by atoms with Gasteiger partial charge in [0, 0.05) is 5.39 Å². The van der Waals surface area contributed by atoms with Crippen LogP contribution in [-0.4, -0.2) is 34.0 Å². The number of benzene rings is 3. The summed E-state index contributed by atoms with van der Waals surface area (Å²) in [6, 6.07) is 22.3. The standard InChI is InChI=1S/C25H20ClN5O4/c26-20-13-7-6-12-19(20)23(33)27-14-21(32)28-29-24(34)22-17-10-4-5-11-18(17)25(35)31(30-22)15-16-8-2-1-3-9-16/h1-13H,14-15H2,(H,27,33)(H,28,32)(H,29,34). The van der Waals surface area contributed by atoms with Gasteiger partial charge in [0.1, 0.15) is 0 Å². The first-order chi connectivity index (χ1) is 16.9. The number of hydrogen-bond acceptors (Lipinski definition) is 5. The van der Waals surface area contributed by atoms with E-state index in [1.165, 1.54) is 10.7 Å². The van der Waals surface area contributed by atoms with E-state index in [1.54, 1.807) is 42.5 Å². The number of aromatic nitrogens is 2. The summed E-state index contributed by atoms with van der Waals surface area (Å²) in [6.45, 7) is -0.225. The number of fused-ring (bicyclic) bond motifs is 1. The molecule has 0 radical (unpaired) electrons. The summed E-state index contributed by atoms with van der Waals surface area (Å²) in [7, 11) is 0. The molecule has 1 heterocycles. The summed E-state index contributed by atoms with van der Waals surface area (Å²) in [4.78, 5) is 50.2. The monoisotopic (exact) mass is 489 g/mol. The first-order valence-electron chi connectivity index (χ1n) is 10.6. The molecule has 0 aliphatic rings. The molecule has 0 spiro atoms. The topological polar surface area (TPSA) is 122 Å². The van der Waals surface area contributed by atoms with E-state index in [2.05, 4.69) is 21.3 Å². The number of carbonyl (C=O) groups excluding carboxylic acids is 3. The third-order valence-electron chi connectivity index (χ3n) is 5.10. The Kier molecular flexibility index (Phi) is 7.18.